The summed E-state index contributed by atoms with van der Waals surface area (Å²) in [5.74, 6) is 0.855. The van der Waals surface area contributed by atoms with Crippen molar-refractivity contribution in [3.05, 3.63) is 77.9 Å². The van der Waals surface area contributed by atoms with Crippen molar-refractivity contribution in [2.24, 2.45) is 5.10 Å². The molecule has 4 heteroatoms. The summed E-state index contributed by atoms with van der Waals surface area (Å²) >= 11 is 0. The van der Waals surface area contributed by atoms with Crippen LogP contribution >= 0.6 is 0 Å². The average Bonchev–Trinajstić information content (AvgIpc) is 2.75. The lowest BCUT2D eigenvalue weighted by atomic mass is 9.98. The summed E-state index contributed by atoms with van der Waals surface area (Å²) in [6, 6.07) is 22.1. The fraction of sp³-hybridized carbons (Fsp3) is 0.250. The van der Waals surface area contributed by atoms with Crippen LogP contribution in [0.4, 0.5) is 0 Å². The number of hydrogen-bond acceptors (Lipinski definition) is 3. The monoisotopic (exact) mass is 374 g/mol. The molecule has 0 bridgehead atoms. The van der Waals surface area contributed by atoms with Gasteiger partial charge >= 0.3 is 0 Å². The van der Waals surface area contributed by atoms with Gasteiger partial charge in [0, 0.05) is 0 Å². The molecule has 0 spiro atoms. The third-order valence-corrected chi connectivity index (χ3v) is 4.94. The summed E-state index contributed by atoms with van der Waals surface area (Å²) in [4.78, 5) is 12.2. The summed E-state index contributed by atoms with van der Waals surface area (Å²) < 4.78 is 5.74. The lowest BCUT2D eigenvalue weighted by molar-refractivity contribution is -0.123. The van der Waals surface area contributed by atoms with E-state index in [-0.39, 0.29) is 12.5 Å². The molecular weight excluding hydrogens is 348 g/mol. The van der Waals surface area contributed by atoms with Crippen molar-refractivity contribution in [1.82, 2.24) is 5.43 Å². The number of hydrazone groups is 1. The maximum atomic E-state index is 12.2. The van der Waals surface area contributed by atoms with E-state index >= 15 is 0 Å². The van der Waals surface area contributed by atoms with Gasteiger partial charge in [0.25, 0.3) is 5.91 Å². The lowest BCUT2D eigenvalue weighted by Crippen LogP contribution is -2.26. The van der Waals surface area contributed by atoms with Gasteiger partial charge in [-0.2, -0.15) is 5.10 Å². The number of hydrogen-bond donors (Lipinski definition) is 1. The molecule has 0 saturated heterocycles. The third-order valence-electron chi connectivity index (χ3n) is 4.94. The number of nitrogens with zero attached hydrogens (tertiary/aromatic N) is 1. The van der Waals surface area contributed by atoms with Crippen molar-refractivity contribution in [2.45, 2.75) is 33.1 Å². The molecule has 144 valence electrons. The highest BCUT2D eigenvalue weighted by molar-refractivity contribution is 6.02. The van der Waals surface area contributed by atoms with Crippen LogP contribution in [-0.2, 0) is 4.79 Å². The molecule has 0 aliphatic heterocycles. The van der Waals surface area contributed by atoms with Gasteiger partial charge in [0.1, 0.15) is 5.75 Å². The Hall–Kier alpha value is -3.14. The van der Waals surface area contributed by atoms with Gasteiger partial charge in [-0.3, -0.25) is 4.79 Å². The second-order valence-corrected chi connectivity index (χ2v) is 6.93. The number of benzene rings is 3. The summed E-state index contributed by atoms with van der Waals surface area (Å²) in [7, 11) is 0. The Morgan fingerprint density at radius 2 is 1.75 bits per heavy atom. The van der Waals surface area contributed by atoms with Crippen LogP contribution < -0.4 is 10.2 Å². The molecule has 0 aromatic heterocycles. The van der Waals surface area contributed by atoms with Crippen LogP contribution in [0.3, 0.4) is 0 Å². The maximum Gasteiger partial charge on any atom is 0.277 e. The van der Waals surface area contributed by atoms with Gasteiger partial charge in [0.15, 0.2) is 6.61 Å². The van der Waals surface area contributed by atoms with E-state index < -0.39 is 0 Å². The smallest absolute Gasteiger partial charge is 0.277 e. The van der Waals surface area contributed by atoms with Crippen LogP contribution in [0, 0.1) is 0 Å². The molecule has 0 aliphatic rings. The van der Waals surface area contributed by atoms with E-state index in [1.165, 1.54) is 5.39 Å². The van der Waals surface area contributed by atoms with E-state index in [9.17, 15) is 4.79 Å². The predicted octanol–water partition coefficient (Wildman–Crippen LogP) is 5.27. The second kappa shape index (κ2) is 9.18. The first-order valence-corrected chi connectivity index (χ1v) is 9.62. The van der Waals surface area contributed by atoms with E-state index in [4.69, 9.17) is 4.74 Å². The highest BCUT2D eigenvalue weighted by Crippen LogP contribution is 2.28. The highest BCUT2D eigenvalue weighted by atomic mass is 16.5. The Morgan fingerprint density at radius 1 is 1.04 bits per heavy atom. The van der Waals surface area contributed by atoms with Gasteiger partial charge in [0.2, 0.25) is 0 Å². The zero-order valence-electron chi connectivity index (χ0n) is 16.6. The van der Waals surface area contributed by atoms with Gasteiger partial charge in [-0.05, 0) is 53.3 Å². The van der Waals surface area contributed by atoms with Crippen molar-refractivity contribution in [3.63, 3.8) is 0 Å². The van der Waals surface area contributed by atoms with Crippen molar-refractivity contribution >= 4 is 22.4 Å². The fourth-order valence-electron chi connectivity index (χ4n) is 3.04. The molecular formula is C24H26N2O2. The predicted molar refractivity (Wildman–Crippen MR) is 115 cm³/mol. The van der Waals surface area contributed by atoms with E-state index in [1.54, 1.807) is 0 Å². The number of carbonyl (C=O) groups excluding carboxylic acids is 1. The molecule has 0 fully saturated rings. The average molecular weight is 374 g/mol. The lowest BCUT2D eigenvalue weighted by Gasteiger charge is -2.15. The molecule has 1 amide bonds. The molecule has 1 atom stereocenters. The zero-order chi connectivity index (χ0) is 19.9. The minimum atomic E-state index is -0.279. The normalized spacial score (nSPS) is 12.6. The van der Waals surface area contributed by atoms with Crippen LogP contribution in [0.5, 0.6) is 5.75 Å². The molecule has 0 aliphatic carbocycles. The second-order valence-electron chi connectivity index (χ2n) is 6.93. The Balaban J connectivity index is 1.62. The van der Waals surface area contributed by atoms with Gasteiger partial charge in [0.05, 0.1) is 5.71 Å². The van der Waals surface area contributed by atoms with E-state index in [0.717, 1.165) is 34.4 Å². The van der Waals surface area contributed by atoms with Crippen LogP contribution in [-0.4, -0.2) is 18.2 Å². The van der Waals surface area contributed by atoms with Crippen molar-refractivity contribution in [3.8, 4) is 5.75 Å². The molecule has 0 heterocycles. The molecule has 3 aromatic carbocycles. The number of rotatable bonds is 7. The van der Waals surface area contributed by atoms with Crippen LogP contribution in [0.1, 0.15) is 44.2 Å². The van der Waals surface area contributed by atoms with Gasteiger partial charge in [-0.25, -0.2) is 5.43 Å². The topological polar surface area (TPSA) is 50.7 Å². The Kier molecular flexibility index (Phi) is 6.43. The number of ether oxygens (including phenoxy) is 1. The first-order valence-electron chi connectivity index (χ1n) is 9.62. The summed E-state index contributed by atoms with van der Waals surface area (Å²) in [6.45, 7) is 6.10. The largest absolute Gasteiger partial charge is 0.483 e. The summed E-state index contributed by atoms with van der Waals surface area (Å²) in [6.07, 6.45) is 1.02. The standard InChI is InChI=1S/C24H26N2O2/c1-4-17(2)22-11-7-8-12-23(22)28-16-24(27)26-25-18(3)20-14-13-19-9-5-6-10-21(19)15-20/h5-15,17H,4,16H2,1-3H3,(H,26,27). The quantitative estimate of drug-likeness (QED) is 0.452. The number of nitrogens with one attached hydrogen (secondary N) is 1. The van der Waals surface area contributed by atoms with Crippen molar-refractivity contribution < 1.29 is 9.53 Å². The first-order chi connectivity index (χ1) is 13.6. The molecule has 0 saturated carbocycles. The minimum Gasteiger partial charge on any atom is -0.483 e. The number of carbonyl (C=O) groups is 1. The Labute approximate surface area is 166 Å². The van der Waals surface area contributed by atoms with E-state index in [0.29, 0.717) is 5.92 Å². The zero-order valence-corrected chi connectivity index (χ0v) is 16.6. The van der Waals surface area contributed by atoms with Crippen molar-refractivity contribution in [2.75, 3.05) is 6.61 Å². The number of amides is 1. The molecule has 28 heavy (non-hydrogen) atoms. The summed E-state index contributed by atoms with van der Waals surface area (Å²) in [5, 5.41) is 6.55. The van der Waals surface area contributed by atoms with Crippen molar-refractivity contribution in [1.29, 1.82) is 0 Å². The van der Waals surface area contributed by atoms with Gasteiger partial charge < -0.3 is 4.74 Å². The molecule has 0 radical (unpaired) electrons. The van der Waals surface area contributed by atoms with Crippen LogP contribution in [0.2, 0.25) is 0 Å². The third kappa shape index (κ3) is 4.77. The van der Waals surface area contributed by atoms with Crippen LogP contribution in [0.15, 0.2) is 71.8 Å². The van der Waals surface area contributed by atoms with Crippen LogP contribution in [0.25, 0.3) is 10.8 Å². The summed E-state index contributed by atoms with van der Waals surface area (Å²) in [5.41, 5.74) is 5.43. The van der Waals surface area contributed by atoms with Gasteiger partial charge in [-0.15, -0.1) is 0 Å². The van der Waals surface area contributed by atoms with E-state index in [1.807, 2.05) is 49.4 Å². The molecule has 3 rings (SSSR count). The first kappa shape index (κ1) is 19.6. The molecule has 1 unspecified atom stereocenters. The Bertz CT molecular complexity index is 995. The Morgan fingerprint density at radius 3 is 2.54 bits per heavy atom. The number of para-hydroxylation sites is 1. The minimum absolute atomic E-state index is 0.0675. The van der Waals surface area contributed by atoms with E-state index in [2.05, 4.69) is 48.6 Å². The van der Waals surface area contributed by atoms with Gasteiger partial charge in [-0.1, -0.05) is 68.4 Å². The number of fused-ring (bicyclic) bond motifs is 1. The molecule has 3 aromatic rings. The fourth-order valence-corrected chi connectivity index (χ4v) is 3.04. The molecule has 1 N–H and O–H groups in total. The highest BCUT2D eigenvalue weighted by Gasteiger charge is 2.11. The molecule has 4 nitrogen and oxygen atoms in total. The SMILES string of the molecule is CCC(C)c1ccccc1OCC(=O)NN=C(C)c1ccc2ccccc2c1. The maximum absolute atomic E-state index is 12.2.